The molecule has 2 rings (SSSR count). The largest absolute Gasteiger partial charge is 0.296 e. The van der Waals surface area contributed by atoms with Crippen LogP contribution >= 0.6 is 0 Å². The van der Waals surface area contributed by atoms with Crippen LogP contribution in [0.25, 0.3) is 0 Å². The molecule has 0 N–H and O–H groups in total. The Bertz CT molecular complexity index is 777. The van der Waals surface area contributed by atoms with Gasteiger partial charge in [0.05, 0.1) is 12.5 Å². The van der Waals surface area contributed by atoms with Gasteiger partial charge in [0.2, 0.25) is 0 Å². The summed E-state index contributed by atoms with van der Waals surface area (Å²) in [6.07, 6.45) is 1.27. The molecule has 0 aliphatic carbocycles. The number of piperidine rings is 1. The van der Waals surface area contributed by atoms with Crippen molar-refractivity contribution in [3.63, 3.8) is 0 Å². The molecular formula is C15H23NO6S2. The van der Waals surface area contributed by atoms with Crippen LogP contribution in [0.4, 0.5) is 0 Å². The van der Waals surface area contributed by atoms with Crippen LogP contribution in [0.3, 0.4) is 0 Å². The van der Waals surface area contributed by atoms with Gasteiger partial charge in [-0.25, -0.2) is 0 Å². The quantitative estimate of drug-likeness (QED) is 0.711. The van der Waals surface area contributed by atoms with Crippen LogP contribution < -0.4 is 0 Å². The van der Waals surface area contributed by atoms with Crippen LogP contribution in [-0.4, -0.2) is 59.5 Å². The molecule has 0 aromatic heterocycles. The zero-order valence-corrected chi connectivity index (χ0v) is 15.8. The van der Waals surface area contributed by atoms with E-state index in [1.165, 1.54) is 0 Å². The smallest absolute Gasteiger partial charge is 0.265 e. The first-order valence-corrected chi connectivity index (χ1v) is 11.1. The third-order valence-corrected chi connectivity index (χ3v) is 5.30. The first-order chi connectivity index (χ1) is 10.9. The van der Waals surface area contributed by atoms with E-state index < -0.39 is 31.9 Å². The number of nitrogens with zero attached hydrogens (tertiary/aromatic N) is 1. The van der Waals surface area contributed by atoms with Crippen LogP contribution in [0.15, 0.2) is 30.3 Å². The van der Waals surface area contributed by atoms with Crippen molar-refractivity contribution in [3.8, 4) is 0 Å². The minimum absolute atomic E-state index is 0.103. The third kappa shape index (κ3) is 5.00. The third-order valence-electron chi connectivity index (χ3n) is 4.03. The number of hydrogen-bond acceptors (Lipinski definition) is 7. The highest BCUT2D eigenvalue weighted by Crippen LogP contribution is 2.39. The Morgan fingerprint density at radius 2 is 1.67 bits per heavy atom. The molecule has 0 radical (unpaired) electrons. The average Bonchev–Trinajstić information content (AvgIpc) is 2.39. The number of hydrogen-bond donors (Lipinski definition) is 0. The highest BCUT2D eigenvalue weighted by Gasteiger charge is 2.48. The van der Waals surface area contributed by atoms with Gasteiger partial charge in [-0.15, -0.1) is 0 Å². The summed E-state index contributed by atoms with van der Waals surface area (Å²) in [5.74, 6) is 0. The highest BCUT2D eigenvalue weighted by molar-refractivity contribution is 7.86. The summed E-state index contributed by atoms with van der Waals surface area (Å²) in [5.41, 5.74) is -0.292. The van der Waals surface area contributed by atoms with E-state index in [0.717, 1.165) is 18.1 Å². The van der Waals surface area contributed by atoms with Crippen LogP contribution in [0.1, 0.15) is 24.9 Å². The van der Waals surface area contributed by atoms with Gasteiger partial charge < -0.3 is 0 Å². The number of benzene rings is 1. The Morgan fingerprint density at radius 3 is 2.17 bits per heavy atom. The molecule has 9 heteroatoms. The minimum atomic E-state index is -3.78. The minimum Gasteiger partial charge on any atom is -0.296 e. The van der Waals surface area contributed by atoms with Crippen molar-refractivity contribution in [2.24, 2.45) is 0 Å². The standard InChI is InChI=1S/C15H23NO6S2/c1-15(22-24(4,19)20)11-16(2)13(12-8-6-5-7-9-12)10-14(15)21-23(3,17)18/h5-9,13-14H,10-11H2,1-4H3/t13-,14-,15-/m0/s1. The maximum Gasteiger partial charge on any atom is 0.265 e. The number of likely N-dealkylation sites (N-methyl/N-ethyl adjacent to an activating group) is 1. The van der Waals surface area contributed by atoms with Gasteiger partial charge in [-0.1, -0.05) is 30.3 Å². The maximum absolute atomic E-state index is 11.6. The van der Waals surface area contributed by atoms with Crippen LogP contribution in [0.5, 0.6) is 0 Å². The molecule has 24 heavy (non-hydrogen) atoms. The second-order valence-corrected chi connectivity index (χ2v) is 9.64. The first-order valence-electron chi connectivity index (χ1n) is 7.44. The van der Waals surface area contributed by atoms with Crippen LogP contribution in [-0.2, 0) is 28.6 Å². The molecule has 1 saturated heterocycles. The Morgan fingerprint density at radius 1 is 1.08 bits per heavy atom. The van der Waals surface area contributed by atoms with Gasteiger partial charge in [0.25, 0.3) is 20.2 Å². The van der Waals surface area contributed by atoms with E-state index in [4.69, 9.17) is 8.37 Å². The van der Waals surface area contributed by atoms with Gasteiger partial charge in [0.15, 0.2) is 0 Å². The first kappa shape index (κ1) is 19.3. The summed E-state index contributed by atoms with van der Waals surface area (Å²) < 4.78 is 56.9. The molecule has 0 spiro atoms. The van der Waals surface area contributed by atoms with Gasteiger partial charge in [-0.3, -0.25) is 13.3 Å². The topological polar surface area (TPSA) is 90.0 Å². The lowest BCUT2D eigenvalue weighted by atomic mass is 9.85. The molecule has 136 valence electrons. The van der Waals surface area contributed by atoms with Gasteiger partial charge in [0.1, 0.15) is 11.7 Å². The van der Waals surface area contributed by atoms with Crippen molar-refractivity contribution in [2.45, 2.75) is 31.1 Å². The molecule has 0 bridgehead atoms. The van der Waals surface area contributed by atoms with Gasteiger partial charge in [-0.2, -0.15) is 16.8 Å². The summed E-state index contributed by atoms with van der Waals surface area (Å²) in [5, 5.41) is 0. The molecule has 1 heterocycles. The zero-order chi connectivity index (χ0) is 18.2. The van der Waals surface area contributed by atoms with Crippen molar-refractivity contribution in [2.75, 3.05) is 26.1 Å². The van der Waals surface area contributed by atoms with Crippen molar-refractivity contribution < 1.29 is 25.2 Å². The van der Waals surface area contributed by atoms with E-state index in [2.05, 4.69) is 0 Å². The second-order valence-electron chi connectivity index (χ2n) is 6.47. The van der Waals surface area contributed by atoms with Crippen molar-refractivity contribution in [1.29, 1.82) is 0 Å². The molecular weight excluding hydrogens is 354 g/mol. The van der Waals surface area contributed by atoms with Gasteiger partial charge >= 0.3 is 0 Å². The van der Waals surface area contributed by atoms with E-state index in [1.54, 1.807) is 6.92 Å². The predicted molar refractivity (Wildman–Crippen MR) is 90.5 cm³/mol. The molecule has 7 nitrogen and oxygen atoms in total. The van der Waals surface area contributed by atoms with Gasteiger partial charge in [0, 0.05) is 12.6 Å². The fourth-order valence-corrected chi connectivity index (χ4v) is 4.74. The molecule has 1 aromatic rings. The number of likely N-dealkylation sites (tertiary alicyclic amines) is 1. The highest BCUT2D eigenvalue weighted by atomic mass is 32.2. The molecule has 3 atom stereocenters. The molecule has 1 fully saturated rings. The lowest BCUT2D eigenvalue weighted by Gasteiger charge is -2.47. The molecule has 1 aliphatic rings. The summed E-state index contributed by atoms with van der Waals surface area (Å²) in [6, 6.07) is 9.48. The summed E-state index contributed by atoms with van der Waals surface area (Å²) in [4.78, 5) is 1.95. The van der Waals surface area contributed by atoms with Crippen LogP contribution in [0, 0.1) is 0 Å². The predicted octanol–water partition coefficient (Wildman–Crippen LogP) is 1.14. The normalized spacial score (nSPS) is 29.5. The lowest BCUT2D eigenvalue weighted by molar-refractivity contribution is -0.0879. The summed E-state index contributed by atoms with van der Waals surface area (Å²) >= 11 is 0. The summed E-state index contributed by atoms with van der Waals surface area (Å²) in [6.45, 7) is 1.77. The van der Waals surface area contributed by atoms with Crippen LogP contribution in [0.2, 0.25) is 0 Å². The Labute approximate surface area is 143 Å². The van der Waals surface area contributed by atoms with E-state index >= 15 is 0 Å². The lowest BCUT2D eigenvalue weighted by Crippen LogP contribution is -2.58. The van der Waals surface area contributed by atoms with E-state index in [9.17, 15) is 16.8 Å². The van der Waals surface area contributed by atoms with E-state index in [0.29, 0.717) is 6.42 Å². The fourth-order valence-electron chi connectivity index (χ4n) is 3.18. The molecule has 0 unspecified atom stereocenters. The van der Waals surface area contributed by atoms with Crippen molar-refractivity contribution in [1.82, 2.24) is 4.90 Å². The fraction of sp³-hybridized carbons (Fsp3) is 0.600. The Hall–Kier alpha value is -1.00. The number of rotatable bonds is 5. The molecule has 0 saturated carbocycles. The zero-order valence-electron chi connectivity index (χ0n) is 14.2. The Kier molecular flexibility index (Phi) is 5.41. The molecule has 1 aromatic carbocycles. The average molecular weight is 377 g/mol. The maximum atomic E-state index is 11.6. The van der Waals surface area contributed by atoms with Gasteiger partial charge in [-0.05, 0) is 26.0 Å². The Balaban J connectivity index is 2.37. The monoisotopic (exact) mass is 377 g/mol. The van der Waals surface area contributed by atoms with Crippen molar-refractivity contribution in [3.05, 3.63) is 35.9 Å². The molecule has 0 amide bonds. The van der Waals surface area contributed by atoms with E-state index in [1.807, 2.05) is 42.3 Å². The SMILES string of the molecule is CN1C[C@](C)(OS(C)(=O)=O)[C@@H](OS(C)(=O)=O)C[C@H]1c1ccccc1. The van der Waals surface area contributed by atoms with Crippen molar-refractivity contribution >= 4 is 20.2 Å². The second kappa shape index (κ2) is 6.72. The van der Waals surface area contributed by atoms with E-state index in [-0.39, 0.29) is 12.6 Å². The summed E-state index contributed by atoms with van der Waals surface area (Å²) in [7, 11) is -5.70. The molecule has 1 aliphatic heterocycles.